The Labute approximate surface area is 214 Å². The number of carbonyl (C=O) groups is 3. The number of hydrogen-bond acceptors (Lipinski definition) is 4. The quantitative estimate of drug-likeness (QED) is 0.545. The highest BCUT2D eigenvalue weighted by Crippen LogP contribution is 2.38. The summed E-state index contributed by atoms with van der Waals surface area (Å²) in [6.07, 6.45) is 1.24. The van der Waals surface area contributed by atoms with E-state index in [1.54, 1.807) is 28.2 Å². The molecule has 8 heteroatoms. The second-order valence-corrected chi connectivity index (χ2v) is 10.3. The van der Waals surface area contributed by atoms with Gasteiger partial charge in [-0.25, -0.2) is 9.59 Å². The number of piperazine rings is 1. The number of benzene rings is 2. The highest BCUT2D eigenvalue weighted by atomic mass is 32.1. The largest absolute Gasteiger partial charge is 0.480 e. The van der Waals surface area contributed by atoms with Crippen LogP contribution in [-0.2, 0) is 16.1 Å². The Morgan fingerprint density at radius 3 is 2.19 bits per heavy atom. The van der Waals surface area contributed by atoms with Crippen LogP contribution in [0.3, 0.4) is 0 Å². The van der Waals surface area contributed by atoms with Gasteiger partial charge in [-0.15, -0.1) is 0 Å². The van der Waals surface area contributed by atoms with Gasteiger partial charge in [-0.1, -0.05) is 60.7 Å². The lowest BCUT2D eigenvalue weighted by Crippen LogP contribution is -2.66. The summed E-state index contributed by atoms with van der Waals surface area (Å²) in [7, 11) is 1.74. The predicted molar refractivity (Wildman–Crippen MR) is 138 cm³/mol. The van der Waals surface area contributed by atoms with Crippen LogP contribution in [0, 0.1) is 0 Å². The summed E-state index contributed by atoms with van der Waals surface area (Å²) in [6, 6.07) is 18.9. The fourth-order valence-electron chi connectivity index (χ4n) is 5.63. The van der Waals surface area contributed by atoms with Crippen molar-refractivity contribution in [2.75, 3.05) is 13.6 Å². The standard InChI is InChI=1S/C28H29N3O4S/c1-29(16-19-14-15-36-18-19)28(35)31-22-12-13-23(31)25(27(33)34)30(17-22)26(32)24(20-8-4-2-5-9-20)21-10-6-3-7-11-21/h2-11,14-15,18,22-25H,12-13,16-17H2,1H3,(H,33,34)/t22?,23-,25+/m1/s1. The fraction of sp³-hybridized carbons (Fsp3) is 0.321. The van der Waals surface area contributed by atoms with Crippen molar-refractivity contribution in [2.24, 2.45) is 0 Å². The normalized spacial score (nSPS) is 21.0. The van der Waals surface area contributed by atoms with Crippen molar-refractivity contribution >= 4 is 29.2 Å². The highest BCUT2D eigenvalue weighted by molar-refractivity contribution is 7.07. The summed E-state index contributed by atoms with van der Waals surface area (Å²) >= 11 is 1.58. The third-order valence-electron chi connectivity index (χ3n) is 7.25. The molecular formula is C28H29N3O4S. The summed E-state index contributed by atoms with van der Waals surface area (Å²) in [5.74, 6) is -1.93. The van der Waals surface area contributed by atoms with Crippen molar-refractivity contribution in [2.45, 2.75) is 43.4 Å². The first-order chi connectivity index (χ1) is 17.5. The zero-order chi connectivity index (χ0) is 25.2. The Morgan fingerprint density at radius 2 is 1.64 bits per heavy atom. The lowest BCUT2D eigenvalue weighted by molar-refractivity contribution is -0.156. The molecule has 1 unspecified atom stereocenters. The topological polar surface area (TPSA) is 81.2 Å². The van der Waals surface area contributed by atoms with E-state index < -0.39 is 24.0 Å². The summed E-state index contributed by atoms with van der Waals surface area (Å²) < 4.78 is 0. The van der Waals surface area contributed by atoms with E-state index in [2.05, 4.69) is 0 Å². The number of thiophene rings is 1. The van der Waals surface area contributed by atoms with E-state index in [0.29, 0.717) is 19.4 Å². The van der Waals surface area contributed by atoms with Crippen molar-refractivity contribution < 1.29 is 19.5 Å². The van der Waals surface area contributed by atoms with Gasteiger partial charge in [0.05, 0.1) is 18.0 Å². The van der Waals surface area contributed by atoms with E-state index in [0.717, 1.165) is 16.7 Å². The Hall–Kier alpha value is -3.65. The van der Waals surface area contributed by atoms with Gasteiger partial charge in [0, 0.05) is 20.1 Å². The Morgan fingerprint density at radius 1 is 1.00 bits per heavy atom. The van der Waals surface area contributed by atoms with Gasteiger partial charge < -0.3 is 19.8 Å². The highest BCUT2D eigenvalue weighted by Gasteiger charge is 2.54. The van der Waals surface area contributed by atoms with Crippen LogP contribution < -0.4 is 0 Å². The van der Waals surface area contributed by atoms with Gasteiger partial charge in [0.15, 0.2) is 0 Å². The SMILES string of the molecule is CN(Cc1ccsc1)C(=O)N1C2CC[C@@H]1[C@@H](C(=O)O)N(C(=O)C(c1ccccc1)c1ccccc1)C2. The van der Waals surface area contributed by atoms with Crippen molar-refractivity contribution in [3.63, 3.8) is 0 Å². The van der Waals surface area contributed by atoms with E-state index in [1.165, 1.54) is 4.90 Å². The number of carbonyl (C=O) groups excluding carboxylic acids is 2. The molecular weight excluding hydrogens is 474 g/mol. The zero-order valence-corrected chi connectivity index (χ0v) is 20.9. The fourth-order valence-corrected chi connectivity index (χ4v) is 6.29. The van der Waals surface area contributed by atoms with E-state index >= 15 is 0 Å². The molecule has 2 aliphatic heterocycles. The average Bonchev–Trinajstić information content (AvgIpc) is 3.50. The lowest BCUT2D eigenvalue weighted by atomic mass is 9.88. The van der Waals surface area contributed by atoms with Crippen LogP contribution in [0.1, 0.15) is 35.4 Å². The second kappa shape index (κ2) is 10.1. The molecule has 7 nitrogen and oxygen atoms in total. The molecule has 0 saturated carbocycles. The molecule has 3 atom stereocenters. The maximum atomic E-state index is 14.1. The molecule has 3 aromatic rings. The summed E-state index contributed by atoms with van der Waals surface area (Å²) in [5.41, 5.74) is 2.68. The summed E-state index contributed by atoms with van der Waals surface area (Å²) in [6.45, 7) is 0.670. The molecule has 2 aromatic carbocycles. The van der Waals surface area contributed by atoms with Gasteiger partial charge in [0.1, 0.15) is 6.04 Å². The number of carboxylic acid groups (broad SMARTS) is 1. The lowest BCUT2D eigenvalue weighted by Gasteiger charge is -2.46. The first-order valence-electron chi connectivity index (χ1n) is 12.1. The van der Waals surface area contributed by atoms with Crippen molar-refractivity contribution in [1.82, 2.24) is 14.7 Å². The van der Waals surface area contributed by atoms with E-state index in [9.17, 15) is 19.5 Å². The second-order valence-electron chi connectivity index (χ2n) is 9.50. The molecule has 186 valence electrons. The molecule has 0 spiro atoms. The van der Waals surface area contributed by atoms with Gasteiger partial charge in [0.25, 0.3) is 0 Å². The molecule has 5 rings (SSSR count). The molecule has 2 bridgehead atoms. The first-order valence-corrected chi connectivity index (χ1v) is 13.1. The van der Waals surface area contributed by atoms with Gasteiger partial charge in [-0.3, -0.25) is 4.79 Å². The van der Waals surface area contributed by atoms with Crippen LogP contribution in [0.15, 0.2) is 77.5 Å². The summed E-state index contributed by atoms with van der Waals surface area (Å²) in [4.78, 5) is 45.0. The van der Waals surface area contributed by atoms with E-state index in [1.807, 2.05) is 77.5 Å². The number of hydrogen-bond donors (Lipinski definition) is 1. The van der Waals surface area contributed by atoms with E-state index in [4.69, 9.17) is 0 Å². The Bertz CT molecular complexity index is 1180. The Balaban J connectivity index is 1.44. The number of urea groups is 1. The monoisotopic (exact) mass is 503 g/mol. The minimum absolute atomic E-state index is 0.185. The third kappa shape index (κ3) is 4.48. The van der Waals surface area contributed by atoms with Crippen LogP contribution in [0.5, 0.6) is 0 Å². The number of fused-ring (bicyclic) bond motifs is 2. The van der Waals surface area contributed by atoms with E-state index in [-0.39, 0.29) is 24.5 Å². The van der Waals surface area contributed by atoms with Crippen molar-refractivity contribution in [1.29, 1.82) is 0 Å². The maximum absolute atomic E-state index is 14.1. The van der Waals surface area contributed by atoms with Crippen LogP contribution in [0.2, 0.25) is 0 Å². The number of nitrogens with zero attached hydrogens (tertiary/aromatic N) is 3. The number of likely N-dealkylation sites (tertiary alicyclic amines) is 1. The molecule has 0 radical (unpaired) electrons. The molecule has 3 heterocycles. The average molecular weight is 504 g/mol. The Kier molecular flexibility index (Phi) is 6.78. The smallest absolute Gasteiger partial charge is 0.328 e. The van der Waals surface area contributed by atoms with Crippen LogP contribution in [0.4, 0.5) is 4.79 Å². The molecule has 1 N–H and O–H groups in total. The molecule has 2 fully saturated rings. The predicted octanol–water partition coefficient (Wildman–Crippen LogP) is 4.26. The minimum Gasteiger partial charge on any atom is -0.480 e. The van der Waals surface area contributed by atoms with Crippen molar-refractivity contribution in [3.05, 3.63) is 94.2 Å². The zero-order valence-electron chi connectivity index (χ0n) is 20.1. The third-order valence-corrected chi connectivity index (χ3v) is 7.98. The van der Waals surface area contributed by atoms with Gasteiger partial charge in [0.2, 0.25) is 5.91 Å². The van der Waals surface area contributed by atoms with Crippen LogP contribution >= 0.6 is 11.3 Å². The number of amides is 3. The number of aliphatic carboxylic acids is 1. The van der Waals surface area contributed by atoms with Crippen LogP contribution in [0.25, 0.3) is 0 Å². The van der Waals surface area contributed by atoms with Gasteiger partial charge in [-0.05, 0) is 46.4 Å². The molecule has 3 amide bonds. The van der Waals surface area contributed by atoms with Gasteiger partial charge >= 0.3 is 12.0 Å². The maximum Gasteiger partial charge on any atom is 0.328 e. The summed E-state index contributed by atoms with van der Waals surface area (Å²) in [5, 5.41) is 14.3. The molecule has 1 aromatic heterocycles. The molecule has 2 saturated heterocycles. The number of carboxylic acids is 1. The van der Waals surface area contributed by atoms with Crippen LogP contribution in [-0.4, -0.2) is 69.4 Å². The molecule has 2 aliphatic rings. The minimum atomic E-state index is -1.09. The first kappa shape index (κ1) is 24.1. The molecule has 0 aliphatic carbocycles. The van der Waals surface area contributed by atoms with Crippen molar-refractivity contribution in [3.8, 4) is 0 Å². The van der Waals surface area contributed by atoms with Gasteiger partial charge in [-0.2, -0.15) is 11.3 Å². The molecule has 36 heavy (non-hydrogen) atoms. The number of rotatable bonds is 6.